The molecule has 3 rings (SSSR count). The zero-order valence-electron chi connectivity index (χ0n) is 27.6. The molecule has 0 atom stereocenters. The number of carbonyl (C=O) groups is 6. The van der Waals surface area contributed by atoms with Crippen molar-refractivity contribution in [3.63, 3.8) is 0 Å². The quantitative estimate of drug-likeness (QED) is 0.117. The van der Waals surface area contributed by atoms with Gasteiger partial charge in [0.25, 0.3) is 0 Å². The first-order valence-corrected chi connectivity index (χ1v) is 16.4. The predicted molar refractivity (Wildman–Crippen MR) is 173 cm³/mol. The monoisotopic (exact) mass is 670 g/mol. The molecular formula is C36H46O12. The van der Waals surface area contributed by atoms with E-state index in [1.807, 2.05) is 0 Å². The van der Waals surface area contributed by atoms with Gasteiger partial charge in [-0.3, -0.25) is 28.8 Å². The number of hydrogen-bond donors (Lipinski definition) is 0. The zero-order chi connectivity index (χ0) is 34.7. The fourth-order valence-electron chi connectivity index (χ4n) is 5.00. The summed E-state index contributed by atoms with van der Waals surface area (Å²) < 4.78 is 31.0. The maximum Gasteiger partial charge on any atom is 0.314 e. The highest BCUT2D eigenvalue weighted by atomic mass is 16.6. The molecule has 0 aromatic heterocycles. The van der Waals surface area contributed by atoms with Gasteiger partial charge >= 0.3 is 35.8 Å². The summed E-state index contributed by atoms with van der Waals surface area (Å²) in [5, 5.41) is 0. The van der Waals surface area contributed by atoms with E-state index in [0.29, 0.717) is 50.0 Å². The summed E-state index contributed by atoms with van der Waals surface area (Å²) in [5.74, 6) is -2.30. The Morgan fingerprint density at radius 3 is 1.15 bits per heavy atom. The standard InChI is InChI=1S/C36H44O12.H2/c1-3-43-31(37)17-19-33(39)45-23-21-25-5-13-29(14-6-25)47-35(41)27-9-11-28(12-10-27)36(42)48-30-15-7-26(8-16-30)22-24-46-34(40)20-18-32(38)44-4-2;/h5-8,13-16,27-28H,3-4,9-12,17-24H2,1-2H3;1H. The number of esters is 6. The van der Waals surface area contributed by atoms with Crippen LogP contribution in [0.3, 0.4) is 0 Å². The van der Waals surface area contributed by atoms with Crippen molar-refractivity contribution in [3.05, 3.63) is 59.7 Å². The van der Waals surface area contributed by atoms with Crippen LogP contribution >= 0.6 is 0 Å². The Morgan fingerprint density at radius 1 is 0.521 bits per heavy atom. The van der Waals surface area contributed by atoms with E-state index >= 15 is 0 Å². The highest BCUT2D eigenvalue weighted by Crippen LogP contribution is 2.31. The van der Waals surface area contributed by atoms with Crippen LogP contribution in [0.2, 0.25) is 0 Å². The van der Waals surface area contributed by atoms with Gasteiger partial charge in [-0.15, -0.1) is 0 Å². The van der Waals surface area contributed by atoms with Crippen molar-refractivity contribution in [1.29, 1.82) is 0 Å². The summed E-state index contributed by atoms with van der Waals surface area (Å²) in [6.45, 7) is 4.27. The summed E-state index contributed by atoms with van der Waals surface area (Å²) >= 11 is 0. The lowest BCUT2D eigenvalue weighted by molar-refractivity contribution is -0.150. The molecule has 0 N–H and O–H groups in total. The SMILES string of the molecule is CCOC(=O)CCC(=O)OCCc1ccc(OC(=O)C2CCC(C(=O)Oc3ccc(CCOC(=O)CCC(=O)OCC)cc3)CC2)cc1.[HH]. The maximum atomic E-state index is 12.8. The van der Waals surface area contributed by atoms with Crippen LogP contribution in [0.25, 0.3) is 0 Å². The molecule has 48 heavy (non-hydrogen) atoms. The van der Waals surface area contributed by atoms with E-state index in [-0.39, 0.29) is 77.3 Å². The first-order valence-electron chi connectivity index (χ1n) is 16.4. The largest absolute Gasteiger partial charge is 0.466 e. The Morgan fingerprint density at radius 2 is 0.833 bits per heavy atom. The molecule has 0 amide bonds. The van der Waals surface area contributed by atoms with Gasteiger partial charge in [-0.25, -0.2) is 0 Å². The Bertz CT molecular complexity index is 1260. The molecule has 0 spiro atoms. The van der Waals surface area contributed by atoms with E-state index in [1.54, 1.807) is 62.4 Å². The van der Waals surface area contributed by atoms with Crippen LogP contribution in [0, 0.1) is 11.8 Å². The number of ether oxygens (including phenoxy) is 6. The van der Waals surface area contributed by atoms with Gasteiger partial charge in [-0.1, -0.05) is 24.3 Å². The minimum Gasteiger partial charge on any atom is -0.466 e. The first kappa shape index (κ1) is 37.7. The van der Waals surface area contributed by atoms with E-state index in [0.717, 1.165) is 11.1 Å². The molecule has 0 aliphatic heterocycles. The van der Waals surface area contributed by atoms with Crippen LogP contribution in [0.4, 0.5) is 0 Å². The van der Waals surface area contributed by atoms with Crippen molar-refractivity contribution in [3.8, 4) is 11.5 Å². The van der Waals surface area contributed by atoms with E-state index in [4.69, 9.17) is 28.4 Å². The minimum atomic E-state index is -0.467. The Labute approximate surface area is 281 Å². The van der Waals surface area contributed by atoms with Gasteiger partial charge in [0.1, 0.15) is 11.5 Å². The number of rotatable bonds is 18. The fraction of sp³-hybridized carbons (Fsp3) is 0.500. The van der Waals surface area contributed by atoms with E-state index in [1.165, 1.54) is 0 Å². The van der Waals surface area contributed by atoms with E-state index in [9.17, 15) is 28.8 Å². The van der Waals surface area contributed by atoms with Gasteiger partial charge in [0.05, 0.1) is 63.9 Å². The molecule has 0 radical (unpaired) electrons. The lowest BCUT2D eigenvalue weighted by Crippen LogP contribution is -2.30. The molecule has 1 saturated carbocycles. The Hall–Kier alpha value is -4.74. The topological polar surface area (TPSA) is 158 Å². The highest BCUT2D eigenvalue weighted by molar-refractivity contribution is 5.79. The van der Waals surface area contributed by atoms with Gasteiger partial charge in [0, 0.05) is 14.3 Å². The van der Waals surface area contributed by atoms with Crippen LogP contribution in [0.15, 0.2) is 48.5 Å². The van der Waals surface area contributed by atoms with Gasteiger partial charge < -0.3 is 28.4 Å². The third-order valence-electron chi connectivity index (χ3n) is 7.66. The highest BCUT2D eigenvalue weighted by Gasteiger charge is 2.32. The molecule has 2 aromatic rings. The zero-order valence-corrected chi connectivity index (χ0v) is 27.6. The summed E-state index contributed by atoms with van der Waals surface area (Å²) in [7, 11) is 0. The molecule has 0 bridgehead atoms. The molecule has 0 unspecified atom stereocenters. The summed E-state index contributed by atoms with van der Waals surface area (Å²) in [6.07, 6.45) is 2.90. The van der Waals surface area contributed by atoms with Crippen molar-refractivity contribution in [2.24, 2.45) is 11.8 Å². The third-order valence-corrected chi connectivity index (χ3v) is 7.66. The van der Waals surface area contributed by atoms with Gasteiger partial charge in [-0.2, -0.15) is 0 Å². The predicted octanol–water partition coefficient (Wildman–Crippen LogP) is 5.11. The molecular weight excluding hydrogens is 624 g/mol. The normalized spacial score (nSPS) is 15.5. The molecule has 1 aliphatic carbocycles. The summed E-state index contributed by atoms with van der Waals surface area (Å²) in [6, 6.07) is 13.9. The van der Waals surface area contributed by atoms with E-state index in [2.05, 4.69) is 0 Å². The summed E-state index contributed by atoms with van der Waals surface area (Å²) in [5.41, 5.74) is 1.79. The van der Waals surface area contributed by atoms with Crippen LogP contribution in [0.5, 0.6) is 11.5 Å². The van der Waals surface area contributed by atoms with Crippen molar-refractivity contribution >= 4 is 35.8 Å². The maximum absolute atomic E-state index is 12.8. The molecule has 12 nitrogen and oxygen atoms in total. The molecule has 262 valence electrons. The molecule has 0 heterocycles. The van der Waals surface area contributed by atoms with Crippen molar-refractivity contribution in [1.82, 2.24) is 0 Å². The second-order valence-electron chi connectivity index (χ2n) is 11.2. The Kier molecular flexibility index (Phi) is 16.1. The van der Waals surface area contributed by atoms with Crippen LogP contribution in [-0.4, -0.2) is 62.2 Å². The van der Waals surface area contributed by atoms with Gasteiger partial charge in [0.2, 0.25) is 0 Å². The van der Waals surface area contributed by atoms with Crippen LogP contribution < -0.4 is 9.47 Å². The van der Waals surface area contributed by atoms with Crippen LogP contribution in [-0.2, 0) is 60.6 Å². The number of benzene rings is 2. The van der Waals surface area contributed by atoms with Gasteiger partial charge in [-0.05, 0) is 74.9 Å². The number of hydrogen-bond acceptors (Lipinski definition) is 12. The second-order valence-corrected chi connectivity index (χ2v) is 11.2. The smallest absolute Gasteiger partial charge is 0.314 e. The molecule has 1 aliphatic rings. The van der Waals surface area contributed by atoms with Crippen LogP contribution in [0.1, 0.15) is 77.8 Å². The molecule has 2 aromatic carbocycles. The average Bonchev–Trinajstić information content (AvgIpc) is 3.08. The average molecular weight is 671 g/mol. The second kappa shape index (κ2) is 20.5. The molecule has 12 heteroatoms. The number of carbonyl (C=O) groups excluding carboxylic acids is 6. The van der Waals surface area contributed by atoms with Crippen molar-refractivity contribution in [2.75, 3.05) is 26.4 Å². The lowest BCUT2D eigenvalue weighted by atomic mass is 9.82. The van der Waals surface area contributed by atoms with E-state index < -0.39 is 23.9 Å². The minimum absolute atomic E-state index is 0. The first-order chi connectivity index (χ1) is 23.2. The van der Waals surface area contributed by atoms with Gasteiger partial charge in [0.15, 0.2) is 0 Å². The molecule has 1 fully saturated rings. The van der Waals surface area contributed by atoms with Crippen molar-refractivity contribution in [2.45, 2.75) is 78.1 Å². The fourth-order valence-corrected chi connectivity index (χ4v) is 5.00. The third kappa shape index (κ3) is 13.9. The Balaban J connectivity index is 0.00000833. The van der Waals surface area contributed by atoms with Crippen molar-refractivity contribution < 1.29 is 58.6 Å². The lowest BCUT2D eigenvalue weighted by Gasteiger charge is -2.25. The summed E-state index contributed by atoms with van der Waals surface area (Å²) in [4.78, 5) is 71.7. The molecule has 0 saturated heterocycles.